The molecule has 32 heavy (non-hydrogen) atoms. The van der Waals surface area contributed by atoms with Crippen LogP contribution < -0.4 is 16.2 Å². The zero-order valence-corrected chi connectivity index (χ0v) is 17.1. The first kappa shape index (κ1) is 21.0. The van der Waals surface area contributed by atoms with Crippen LogP contribution in [0.3, 0.4) is 0 Å². The Morgan fingerprint density at radius 2 is 1.84 bits per heavy atom. The van der Waals surface area contributed by atoms with Gasteiger partial charge in [0.25, 0.3) is 11.5 Å². The van der Waals surface area contributed by atoms with Gasteiger partial charge in [0.2, 0.25) is 5.91 Å². The highest BCUT2D eigenvalue weighted by Crippen LogP contribution is 2.16. The molecule has 2 aromatic carbocycles. The highest BCUT2D eigenvalue weighted by Gasteiger charge is 2.16. The van der Waals surface area contributed by atoms with Gasteiger partial charge in [-0.3, -0.25) is 14.4 Å². The summed E-state index contributed by atoms with van der Waals surface area (Å²) >= 11 is 0. The summed E-state index contributed by atoms with van der Waals surface area (Å²) in [6.45, 7) is 1.50. The summed E-state index contributed by atoms with van der Waals surface area (Å²) in [7, 11) is 0. The maximum absolute atomic E-state index is 13.0. The number of carbonyl (C=O) groups is 2. The number of hydrogen-bond donors (Lipinski definition) is 3. The zero-order chi connectivity index (χ0) is 22.7. The van der Waals surface area contributed by atoms with E-state index in [0.29, 0.717) is 11.5 Å². The monoisotopic (exact) mass is 433 g/mol. The van der Waals surface area contributed by atoms with Crippen molar-refractivity contribution in [3.8, 4) is 0 Å². The summed E-state index contributed by atoms with van der Waals surface area (Å²) in [4.78, 5) is 44.8. The normalized spacial score (nSPS) is 11.8. The maximum atomic E-state index is 13.0. The van der Waals surface area contributed by atoms with Crippen molar-refractivity contribution in [2.75, 3.05) is 5.32 Å². The van der Waals surface area contributed by atoms with Crippen molar-refractivity contribution in [2.45, 2.75) is 19.5 Å². The van der Waals surface area contributed by atoms with Crippen LogP contribution in [0.25, 0.3) is 11.0 Å². The van der Waals surface area contributed by atoms with E-state index in [-0.39, 0.29) is 12.1 Å². The number of para-hydroxylation sites is 2. The number of nitrogens with one attached hydrogen (secondary N) is 3. The first-order chi connectivity index (χ1) is 15.4. The lowest BCUT2D eigenvalue weighted by Crippen LogP contribution is -2.31. The minimum atomic E-state index is -0.480. The number of carbonyl (C=O) groups excluding carboxylic acids is 2. The molecule has 0 radical (unpaired) electrons. The number of imidazole rings is 1. The van der Waals surface area contributed by atoms with E-state index in [4.69, 9.17) is 0 Å². The van der Waals surface area contributed by atoms with E-state index in [1.807, 2.05) is 24.3 Å². The Labute approximate surface area is 182 Å². The highest BCUT2D eigenvalue weighted by atomic mass is 19.1. The minimum Gasteiger partial charge on any atom is -0.342 e. The second-order valence-corrected chi connectivity index (χ2v) is 7.27. The van der Waals surface area contributed by atoms with E-state index in [1.165, 1.54) is 42.6 Å². The second kappa shape index (κ2) is 8.84. The lowest BCUT2D eigenvalue weighted by atomic mass is 10.2. The quantitative estimate of drug-likeness (QED) is 0.434. The Bertz CT molecular complexity index is 1310. The number of amides is 2. The average molecular weight is 433 g/mol. The van der Waals surface area contributed by atoms with Gasteiger partial charge in [0.1, 0.15) is 18.2 Å². The molecular weight excluding hydrogens is 413 g/mol. The third kappa shape index (κ3) is 4.72. The highest BCUT2D eigenvalue weighted by molar-refractivity contribution is 5.94. The van der Waals surface area contributed by atoms with E-state index in [2.05, 4.69) is 20.6 Å². The minimum absolute atomic E-state index is 0.224. The van der Waals surface area contributed by atoms with Crippen LogP contribution in [0.2, 0.25) is 0 Å². The van der Waals surface area contributed by atoms with Crippen molar-refractivity contribution >= 4 is 28.5 Å². The number of fused-ring (bicyclic) bond motifs is 1. The van der Waals surface area contributed by atoms with Crippen LogP contribution in [0.1, 0.15) is 29.1 Å². The average Bonchev–Trinajstić information content (AvgIpc) is 3.21. The molecule has 0 aliphatic rings. The van der Waals surface area contributed by atoms with Crippen LogP contribution in [0.4, 0.5) is 10.1 Å². The molecule has 0 fully saturated rings. The Kier molecular flexibility index (Phi) is 5.80. The fourth-order valence-electron chi connectivity index (χ4n) is 3.20. The van der Waals surface area contributed by atoms with Crippen LogP contribution in [-0.4, -0.2) is 26.3 Å². The molecule has 4 rings (SSSR count). The number of rotatable bonds is 6. The first-order valence-corrected chi connectivity index (χ1v) is 9.90. The third-order valence-corrected chi connectivity index (χ3v) is 4.85. The van der Waals surface area contributed by atoms with Gasteiger partial charge in [0.05, 0.1) is 22.6 Å². The van der Waals surface area contributed by atoms with Gasteiger partial charge in [-0.15, -0.1) is 0 Å². The number of halogens is 1. The number of H-pyrrole nitrogens is 1. The molecule has 0 saturated heterocycles. The number of aromatic nitrogens is 3. The molecule has 4 aromatic rings. The SMILES string of the molecule is C[C@@H](NC(=O)c1ccc(=O)n(CC(=O)Nc2ccc(F)cc2)c1)c1nc2ccccc2[nH]1. The number of nitrogens with zero attached hydrogens (tertiary/aromatic N) is 2. The standard InChI is InChI=1S/C23H20FN5O3/c1-14(22-27-18-4-2-3-5-19(18)28-22)25-23(32)15-6-11-21(31)29(12-15)13-20(30)26-17-9-7-16(24)8-10-17/h2-12,14H,13H2,1H3,(H,25,32)(H,26,30)(H,27,28)/t14-/m1/s1. The van der Waals surface area contributed by atoms with Gasteiger partial charge in [-0.2, -0.15) is 0 Å². The maximum Gasteiger partial charge on any atom is 0.253 e. The summed E-state index contributed by atoms with van der Waals surface area (Å²) in [5.41, 5.74) is 1.86. The number of benzene rings is 2. The predicted molar refractivity (Wildman–Crippen MR) is 118 cm³/mol. The van der Waals surface area contributed by atoms with Gasteiger partial charge in [-0.1, -0.05) is 12.1 Å². The van der Waals surface area contributed by atoms with Crippen molar-refractivity contribution in [1.82, 2.24) is 19.9 Å². The van der Waals surface area contributed by atoms with Gasteiger partial charge in [-0.05, 0) is 49.4 Å². The number of pyridine rings is 1. The van der Waals surface area contributed by atoms with Crippen molar-refractivity contribution in [1.29, 1.82) is 0 Å². The van der Waals surface area contributed by atoms with Crippen molar-refractivity contribution in [2.24, 2.45) is 0 Å². The summed E-state index contributed by atoms with van der Waals surface area (Å²) in [6, 6.07) is 15.0. The van der Waals surface area contributed by atoms with Gasteiger partial charge in [-0.25, -0.2) is 9.37 Å². The summed E-state index contributed by atoms with van der Waals surface area (Å²) in [6.07, 6.45) is 1.33. The molecule has 2 heterocycles. The van der Waals surface area contributed by atoms with Gasteiger partial charge in [0, 0.05) is 18.0 Å². The van der Waals surface area contributed by atoms with Crippen LogP contribution in [-0.2, 0) is 11.3 Å². The lowest BCUT2D eigenvalue weighted by Gasteiger charge is -2.13. The van der Waals surface area contributed by atoms with Gasteiger partial charge < -0.3 is 20.2 Å². The molecule has 3 N–H and O–H groups in total. The van der Waals surface area contributed by atoms with E-state index >= 15 is 0 Å². The molecule has 2 amide bonds. The third-order valence-electron chi connectivity index (χ3n) is 4.85. The first-order valence-electron chi connectivity index (χ1n) is 9.90. The molecule has 0 saturated carbocycles. The Hall–Kier alpha value is -4.27. The van der Waals surface area contributed by atoms with E-state index < -0.39 is 29.2 Å². The lowest BCUT2D eigenvalue weighted by molar-refractivity contribution is -0.116. The van der Waals surface area contributed by atoms with E-state index in [1.54, 1.807) is 6.92 Å². The van der Waals surface area contributed by atoms with E-state index in [9.17, 15) is 18.8 Å². The van der Waals surface area contributed by atoms with Gasteiger partial charge >= 0.3 is 0 Å². The van der Waals surface area contributed by atoms with Crippen molar-refractivity contribution < 1.29 is 14.0 Å². The molecule has 0 bridgehead atoms. The fraction of sp³-hybridized carbons (Fsp3) is 0.130. The van der Waals surface area contributed by atoms with Gasteiger partial charge in [0.15, 0.2) is 0 Å². The van der Waals surface area contributed by atoms with E-state index in [0.717, 1.165) is 15.6 Å². The predicted octanol–water partition coefficient (Wildman–Crippen LogP) is 2.99. The second-order valence-electron chi connectivity index (χ2n) is 7.27. The molecule has 0 unspecified atom stereocenters. The largest absolute Gasteiger partial charge is 0.342 e. The number of hydrogen-bond acceptors (Lipinski definition) is 4. The van der Waals surface area contributed by atoms with Crippen molar-refractivity contribution in [3.63, 3.8) is 0 Å². The molecular formula is C23H20FN5O3. The Morgan fingerprint density at radius 1 is 1.09 bits per heavy atom. The molecule has 9 heteroatoms. The number of anilines is 1. The molecule has 162 valence electrons. The molecule has 2 aromatic heterocycles. The fourth-order valence-corrected chi connectivity index (χ4v) is 3.20. The molecule has 0 spiro atoms. The topological polar surface area (TPSA) is 109 Å². The summed E-state index contributed by atoms with van der Waals surface area (Å²) in [5.74, 6) is -0.709. The summed E-state index contributed by atoms with van der Waals surface area (Å²) in [5, 5.41) is 5.42. The van der Waals surface area contributed by atoms with Crippen LogP contribution in [0.15, 0.2) is 71.7 Å². The molecule has 8 nitrogen and oxygen atoms in total. The zero-order valence-electron chi connectivity index (χ0n) is 17.1. The van der Waals surface area contributed by atoms with Crippen LogP contribution >= 0.6 is 0 Å². The van der Waals surface area contributed by atoms with Crippen molar-refractivity contribution in [3.05, 3.63) is 94.4 Å². The Morgan fingerprint density at radius 3 is 2.59 bits per heavy atom. The molecule has 1 atom stereocenters. The van der Waals surface area contributed by atoms with Crippen LogP contribution in [0, 0.1) is 5.82 Å². The smallest absolute Gasteiger partial charge is 0.253 e. The Balaban J connectivity index is 1.45. The molecule has 0 aliphatic heterocycles. The summed E-state index contributed by atoms with van der Waals surface area (Å²) < 4.78 is 14.1. The molecule has 0 aliphatic carbocycles. The number of aromatic amines is 1. The van der Waals surface area contributed by atoms with Crippen LogP contribution in [0.5, 0.6) is 0 Å².